The first-order chi connectivity index (χ1) is 13.1. The lowest BCUT2D eigenvalue weighted by molar-refractivity contribution is -0.137. The third-order valence-corrected chi connectivity index (χ3v) is 4.29. The summed E-state index contributed by atoms with van der Waals surface area (Å²) in [5.41, 5.74) is 4.48. The van der Waals surface area contributed by atoms with Crippen LogP contribution in [0.1, 0.15) is 11.1 Å². The Kier molecular flexibility index (Phi) is 6.35. The summed E-state index contributed by atoms with van der Waals surface area (Å²) in [5.74, 6) is -0.555. The number of nitrogens with two attached hydrogens (primary N) is 1. The molecule has 1 amide bonds. The first-order valence-corrected chi connectivity index (χ1v) is 9.07. The Morgan fingerprint density at radius 3 is 2.50 bits per heavy atom. The average Bonchev–Trinajstić information content (AvgIpc) is 2.64. The maximum Gasteiger partial charge on any atom is 0.416 e. The minimum absolute atomic E-state index is 0.00340. The highest BCUT2D eigenvalue weighted by Gasteiger charge is 2.31. The van der Waals surface area contributed by atoms with Crippen molar-refractivity contribution in [3.05, 3.63) is 35.4 Å². The van der Waals surface area contributed by atoms with Crippen LogP contribution in [0, 0.1) is 11.3 Å². The summed E-state index contributed by atoms with van der Waals surface area (Å²) in [7, 11) is 3.36. The van der Waals surface area contributed by atoms with Gasteiger partial charge in [-0.25, -0.2) is 4.98 Å². The van der Waals surface area contributed by atoms with Crippen LogP contribution in [0.3, 0.4) is 0 Å². The molecular formula is C17H17F3N6OS. The minimum Gasteiger partial charge on any atom is -0.368 e. The van der Waals surface area contributed by atoms with Gasteiger partial charge in [0.15, 0.2) is 5.82 Å². The first-order valence-electron chi connectivity index (χ1n) is 7.85. The van der Waals surface area contributed by atoms with Crippen LogP contribution in [0.25, 0.3) is 0 Å². The largest absolute Gasteiger partial charge is 0.416 e. The monoisotopic (exact) mass is 410 g/mol. The van der Waals surface area contributed by atoms with Gasteiger partial charge < -0.3 is 15.5 Å². The number of primary amides is 1. The lowest BCUT2D eigenvalue weighted by Crippen LogP contribution is -2.32. The predicted octanol–water partition coefficient (Wildman–Crippen LogP) is 2.78. The van der Waals surface area contributed by atoms with Crippen molar-refractivity contribution in [2.75, 3.05) is 36.7 Å². The number of anilines is 3. The number of carbonyl (C=O) groups is 1. The summed E-state index contributed by atoms with van der Waals surface area (Å²) in [6.45, 7) is -0.465. The van der Waals surface area contributed by atoms with Crippen LogP contribution >= 0.6 is 11.8 Å². The molecule has 0 bridgehead atoms. The number of alkyl halides is 3. The van der Waals surface area contributed by atoms with Crippen molar-refractivity contribution in [2.45, 2.75) is 11.2 Å². The van der Waals surface area contributed by atoms with E-state index in [-0.39, 0.29) is 23.0 Å². The molecule has 0 saturated carbocycles. The molecule has 0 unspecified atom stereocenters. The molecule has 1 heterocycles. The van der Waals surface area contributed by atoms with E-state index in [1.807, 2.05) is 6.07 Å². The van der Waals surface area contributed by atoms with E-state index in [9.17, 15) is 23.2 Å². The van der Waals surface area contributed by atoms with Gasteiger partial charge in [-0.1, -0.05) is 6.07 Å². The molecule has 28 heavy (non-hydrogen) atoms. The van der Waals surface area contributed by atoms with Gasteiger partial charge in [-0.2, -0.15) is 23.4 Å². The zero-order valence-corrected chi connectivity index (χ0v) is 16.1. The predicted molar refractivity (Wildman–Crippen MR) is 100 cm³/mol. The summed E-state index contributed by atoms with van der Waals surface area (Å²) in [4.78, 5) is 23.0. The third-order valence-electron chi connectivity index (χ3n) is 3.60. The van der Waals surface area contributed by atoms with Crippen molar-refractivity contribution in [3.63, 3.8) is 0 Å². The van der Waals surface area contributed by atoms with Gasteiger partial charge in [0.2, 0.25) is 11.9 Å². The molecule has 11 heteroatoms. The number of carbonyl (C=O) groups excluding carboxylic acids is 1. The molecule has 0 aliphatic heterocycles. The van der Waals surface area contributed by atoms with Crippen molar-refractivity contribution in [1.29, 1.82) is 5.26 Å². The quantitative estimate of drug-likeness (QED) is 0.577. The normalized spacial score (nSPS) is 11.0. The fraction of sp³-hybridized carbons (Fsp3) is 0.294. The van der Waals surface area contributed by atoms with Crippen molar-refractivity contribution < 1.29 is 18.0 Å². The number of halogens is 3. The van der Waals surface area contributed by atoms with E-state index >= 15 is 0 Å². The summed E-state index contributed by atoms with van der Waals surface area (Å²) in [6, 6.07) is 6.35. The van der Waals surface area contributed by atoms with Crippen molar-refractivity contribution >= 4 is 35.1 Å². The molecular weight excluding hydrogens is 393 g/mol. The second-order valence-corrected chi connectivity index (χ2v) is 6.63. The van der Waals surface area contributed by atoms with E-state index in [0.717, 1.165) is 12.1 Å². The number of benzene rings is 1. The molecule has 0 aliphatic rings. The molecule has 0 saturated heterocycles. The highest BCUT2D eigenvalue weighted by atomic mass is 32.2. The van der Waals surface area contributed by atoms with E-state index in [4.69, 9.17) is 5.73 Å². The Balaban J connectivity index is 2.75. The number of aromatic nitrogens is 2. The van der Waals surface area contributed by atoms with Gasteiger partial charge in [-0.05, 0) is 24.5 Å². The van der Waals surface area contributed by atoms with E-state index in [1.165, 1.54) is 28.8 Å². The van der Waals surface area contributed by atoms with Crippen molar-refractivity contribution in [1.82, 2.24) is 9.97 Å². The fourth-order valence-corrected chi connectivity index (χ4v) is 2.87. The number of thioether (sulfide) groups is 1. The van der Waals surface area contributed by atoms with E-state index in [1.54, 1.807) is 25.3 Å². The van der Waals surface area contributed by atoms with Crippen LogP contribution in [0.15, 0.2) is 29.3 Å². The summed E-state index contributed by atoms with van der Waals surface area (Å²) < 4.78 is 39.4. The SMILES string of the molecule is CSc1nc(N(C)C)nc(N(CC(N)=O)c2cccc(C(F)(F)F)c2)c1C#N. The smallest absolute Gasteiger partial charge is 0.368 e. The van der Waals surface area contributed by atoms with Gasteiger partial charge >= 0.3 is 6.18 Å². The number of hydrogen-bond acceptors (Lipinski definition) is 7. The standard InChI is InChI=1S/C17H17F3N6OS/c1-25(2)16-23-14(12(8-21)15(24-16)28-3)26(9-13(22)27)11-6-4-5-10(7-11)17(18,19)20/h4-7H,9H2,1-3H3,(H2,22,27). The first kappa shape index (κ1) is 21.3. The fourth-order valence-electron chi connectivity index (χ4n) is 2.35. The molecule has 1 aromatic carbocycles. The van der Waals surface area contributed by atoms with Gasteiger partial charge in [0.05, 0.1) is 5.56 Å². The highest BCUT2D eigenvalue weighted by Crippen LogP contribution is 2.36. The minimum atomic E-state index is -4.57. The van der Waals surface area contributed by atoms with Crippen LogP contribution < -0.4 is 15.5 Å². The Hall–Kier alpha value is -3.00. The average molecular weight is 410 g/mol. The third kappa shape index (κ3) is 4.64. The molecule has 7 nitrogen and oxygen atoms in total. The summed E-state index contributed by atoms with van der Waals surface area (Å²) in [6.07, 6.45) is -2.87. The zero-order valence-electron chi connectivity index (χ0n) is 15.3. The second kappa shape index (κ2) is 8.35. The Morgan fingerprint density at radius 2 is 2.00 bits per heavy atom. The molecule has 2 rings (SSSR count). The molecule has 2 N–H and O–H groups in total. The van der Waals surface area contributed by atoms with Crippen LogP contribution in [-0.4, -0.2) is 42.8 Å². The second-order valence-electron chi connectivity index (χ2n) is 5.84. The van der Waals surface area contributed by atoms with Gasteiger partial charge in [-0.15, -0.1) is 11.8 Å². The highest BCUT2D eigenvalue weighted by molar-refractivity contribution is 7.98. The lowest BCUT2D eigenvalue weighted by atomic mass is 10.1. The van der Waals surface area contributed by atoms with E-state index in [0.29, 0.717) is 5.03 Å². The van der Waals surface area contributed by atoms with Gasteiger partial charge in [-0.3, -0.25) is 4.79 Å². The van der Waals surface area contributed by atoms with Gasteiger partial charge in [0.1, 0.15) is 23.2 Å². The molecule has 0 fully saturated rings. The number of nitrogens with zero attached hydrogens (tertiary/aromatic N) is 5. The number of hydrogen-bond donors (Lipinski definition) is 1. The van der Waals surface area contributed by atoms with E-state index in [2.05, 4.69) is 9.97 Å². The van der Waals surface area contributed by atoms with Crippen molar-refractivity contribution in [3.8, 4) is 6.07 Å². The Bertz CT molecular complexity index is 926. The lowest BCUT2D eigenvalue weighted by Gasteiger charge is -2.26. The van der Waals surface area contributed by atoms with E-state index < -0.39 is 24.2 Å². The van der Waals surface area contributed by atoms with Crippen LogP contribution in [0.5, 0.6) is 0 Å². The summed E-state index contributed by atoms with van der Waals surface area (Å²) >= 11 is 1.18. The maximum absolute atomic E-state index is 13.1. The molecule has 148 valence electrons. The van der Waals surface area contributed by atoms with Gasteiger partial charge in [0, 0.05) is 19.8 Å². The molecule has 1 aromatic heterocycles. The Labute approximate surface area is 164 Å². The summed E-state index contributed by atoms with van der Waals surface area (Å²) in [5, 5.41) is 9.93. The molecule has 2 aromatic rings. The van der Waals surface area contributed by atoms with Crippen molar-refractivity contribution in [2.24, 2.45) is 5.73 Å². The number of amides is 1. The molecule has 0 radical (unpaired) electrons. The van der Waals surface area contributed by atoms with Crippen LogP contribution in [0.2, 0.25) is 0 Å². The molecule has 0 spiro atoms. The molecule has 0 aliphatic carbocycles. The van der Waals surface area contributed by atoms with Crippen LogP contribution in [0.4, 0.5) is 30.6 Å². The zero-order chi connectivity index (χ0) is 21.1. The molecule has 0 atom stereocenters. The Morgan fingerprint density at radius 1 is 1.32 bits per heavy atom. The van der Waals surface area contributed by atoms with Crippen LogP contribution in [-0.2, 0) is 11.0 Å². The number of nitriles is 1. The van der Waals surface area contributed by atoms with Gasteiger partial charge in [0.25, 0.3) is 0 Å². The maximum atomic E-state index is 13.1. The topological polar surface area (TPSA) is 99.1 Å². The number of rotatable bonds is 6.